The predicted molar refractivity (Wildman–Crippen MR) is 99.7 cm³/mol. The van der Waals surface area contributed by atoms with E-state index in [0.717, 1.165) is 57.2 Å². The van der Waals surface area contributed by atoms with Crippen molar-refractivity contribution in [2.24, 2.45) is 0 Å². The number of amides is 1. The number of hydrogen-bond donors (Lipinski definition) is 1. The molecule has 4 rings (SSSR count). The molecule has 27 heavy (non-hydrogen) atoms. The first-order valence-corrected chi connectivity index (χ1v) is 10.2. The zero-order valence-corrected chi connectivity index (χ0v) is 15.8. The van der Waals surface area contributed by atoms with Crippen molar-refractivity contribution in [3.05, 3.63) is 35.6 Å². The summed E-state index contributed by atoms with van der Waals surface area (Å²) in [5, 5.41) is 3.00. The number of nitrogens with zero attached hydrogens (tertiary/aromatic N) is 1. The van der Waals surface area contributed by atoms with E-state index < -0.39 is 0 Å². The lowest BCUT2D eigenvalue weighted by Crippen LogP contribution is -2.45. The van der Waals surface area contributed by atoms with Gasteiger partial charge >= 0.3 is 0 Å². The Bertz CT molecular complexity index is 655. The van der Waals surface area contributed by atoms with Crippen LogP contribution >= 0.6 is 0 Å². The van der Waals surface area contributed by atoms with E-state index in [1.165, 1.54) is 6.07 Å². The van der Waals surface area contributed by atoms with Gasteiger partial charge in [0.25, 0.3) is 0 Å². The summed E-state index contributed by atoms with van der Waals surface area (Å²) < 4.78 is 25.7. The van der Waals surface area contributed by atoms with Gasteiger partial charge in [-0.15, -0.1) is 0 Å². The van der Waals surface area contributed by atoms with Gasteiger partial charge in [-0.3, -0.25) is 9.69 Å². The summed E-state index contributed by atoms with van der Waals surface area (Å²) in [4.78, 5) is 14.4. The Morgan fingerprint density at radius 3 is 2.78 bits per heavy atom. The second kappa shape index (κ2) is 8.25. The normalized spacial score (nSPS) is 27.9. The highest BCUT2D eigenvalue weighted by Gasteiger charge is 2.42. The van der Waals surface area contributed by atoms with Crippen LogP contribution in [0.2, 0.25) is 0 Å². The highest BCUT2D eigenvalue weighted by Crippen LogP contribution is 2.39. The van der Waals surface area contributed by atoms with Crippen LogP contribution in [-0.4, -0.2) is 54.9 Å². The molecule has 1 amide bonds. The number of benzene rings is 1. The van der Waals surface area contributed by atoms with E-state index >= 15 is 0 Å². The number of ether oxygens (including phenoxy) is 2. The Balaban J connectivity index is 1.22. The number of halogens is 1. The molecular weight excluding hydrogens is 347 g/mol. The van der Waals surface area contributed by atoms with Gasteiger partial charge in [-0.05, 0) is 44.6 Å². The quantitative estimate of drug-likeness (QED) is 0.858. The Labute approximate surface area is 160 Å². The molecule has 1 aromatic carbocycles. The van der Waals surface area contributed by atoms with Gasteiger partial charge in [0.1, 0.15) is 11.9 Å². The average Bonchev–Trinajstić information content (AvgIpc) is 3.35. The minimum Gasteiger partial charge on any atom is -0.370 e. The van der Waals surface area contributed by atoms with Crippen LogP contribution in [0, 0.1) is 5.82 Å². The van der Waals surface area contributed by atoms with Crippen molar-refractivity contribution in [1.82, 2.24) is 10.2 Å². The number of rotatable bonds is 5. The molecule has 0 bridgehead atoms. The molecule has 6 heteroatoms. The van der Waals surface area contributed by atoms with Crippen LogP contribution in [0.25, 0.3) is 0 Å². The van der Waals surface area contributed by atoms with Crippen molar-refractivity contribution in [2.75, 3.05) is 26.2 Å². The molecule has 0 aromatic heterocycles. The highest BCUT2D eigenvalue weighted by molar-refractivity contribution is 5.80. The summed E-state index contributed by atoms with van der Waals surface area (Å²) in [6, 6.07) is 7.00. The summed E-state index contributed by atoms with van der Waals surface area (Å²) in [7, 11) is 0. The van der Waals surface area contributed by atoms with Crippen molar-refractivity contribution in [1.29, 1.82) is 0 Å². The Hall–Kier alpha value is -1.50. The third-order valence-electron chi connectivity index (χ3n) is 6.18. The first-order chi connectivity index (χ1) is 13.1. The predicted octanol–water partition coefficient (Wildman–Crippen LogP) is 2.63. The fourth-order valence-electron chi connectivity index (χ4n) is 4.51. The van der Waals surface area contributed by atoms with Crippen molar-refractivity contribution < 1.29 is 18.7 Å². The fraction of sp³-hybridized carbons (Fsp3) is 0.667. The molecule has 3 aliphatic heterocycles. The van der Waals surface area contributed by atoms with Crippen LogP contribution in [0.5, 0.6) is 0 Å². The van der Waals surface area contributed by atoms with E-state index in [4.69, 9.17) is 9.47 Å². The molecule has 3 heterocycles. The van der Waals surface area contributed by atoms with Gasteiger partial charge in [-0.25, -0.2) is 4.39 Å². The molecule has 0 aliphatic carbocycles. The summed E-state index contributed by atoms with van der Waals surface area (Å²) in [5.74, 6) is -0.131. The van der Waals surface area contributed by atoms with Crippen LogP contribution < -0.4 is 5.32 Å². The smallest absolute Gasteiger partial charge is 0.249 e. The summed E-state index contributed by atoms with van der Waals surface area (Å²) in [5.41, 5.74) is 0.695. The van der Waals surface area contributed by atoms with E-state index in [-0.39, 0.29) is 29.5 Å². The summed E-state index contributed by atoms with van der Waals surface area (Å²) in [6.45, 7) is 3.75. The number of carbonyl (C=O) groups excluding carboxylic acids is 1. The lowest BCUT2D eigenvalue weighted by Gasteiger charge is -2.39. The second-order valence-electron chi connectivity index (χ2n) is 8.08. The molecule has 148 valence electrons. The minimum absolute atomic E-state index is 0.00300. The third kappa shape index (κ3) is 4.50. The number of likely N-dealkylation sites (tertiary alicyclic amines) is 1. The summed E-state index contributed by atoms with van der Waals surface area (Å²) in [6.07, 6.45) is 5.56. The molecule has 1 N–H and O–H groups in total. The zero-order chi connectivity index (χ0) is 18.7. The molecule has 0 saturated carbocycles. The minimum atomic E-state index is -0.276. The molecular formula is C21H29FN2O3. The van der Waals surface area contributed by atoms with Crippen molar-refractivity contribution >= 4 is 5.91 Å². The fourth-order valence-corrected chi connectivity index (χ4v) is 4.51. The summed E-state index contributed by atoms with van der Waals surface area (Å²) >= 11 is 0. The van der Waals surface area contributed by atoms with Crippen molar-refractivity contribution in [2.45, 2.75) is 62.9 Å². The molecule has 2 atom stereocenters. The van der Waals surface area contributed by atoms with Crippen LogP contribution in [0.4, 0.5) is 4.39 Å². The highest BCUT2D eigenvalue weighted by atomic mass is 19.1. The maximum absolute atomic E-state index is 13.9. The first-order valence-electron chi connectivity index (χ1n) is 10.2. The van der Waals surface area contributed by atoms with Crippen LogP contribution in [0.15, 0.2) is 24.3 Å². The number of hydrogen-bond acceptors (Lipinski definition) is 4. The van der Waals surface area contributed by atoms with E-state index in [1.54, 1.807) is 6.07 Å². The van der Waals surface area contributed by atoms with E-state index in [0.29, 0.717) is 19.7 Å². The average molecular weight is 376 g/mol. The van der Waals surface area contributed by atoms with Crippen LogP contribution in [-0.2, 0) is 20.8 Å². The van der Waals surface area contributed by atoms with Gasteiger partial charge < -0.3 is 14.8 Å². The molecule has 3 saturated heterocycles. The largest absolute Gasteiger partial charge is 0.370 e. The van der Waals surface area contributed by atoms with Gasteiger partial charge in [0, 0.05) is 38.3 Å². The van der Waals surface area contributed by atoms with Gasteiger partial charge in [0.05, 0.1) is 11.7 Å². The monoisotopic (exact) mass is 376 g/mol. The second-order valence-corrected chi connectivity index (χ2v) is 8.08. The molecule has 0 radical (unpaired) electrons. The molecule has 1 aromatic rings. The van der Waals surface area contributed by atoms with Crippen LogP contribution in [0.3, 0.4) is 0 Å². The Kier molecular flexibility index (Phi) is 5.76. The third-order valence-corrected chi connectivity index (χ3v) is 6.18. The topological polar surface area (TPSA) is 50.8 Å². The van der Waals surface area contributed by atoms with Gasteiger partial charge in [0.15, 0.2) is 0 Å². The van der Waals surface area contributed by atoms with Crippen LogP contribution in [0.1, 0.15) is 44.1 Å². The Morgan fingerprint density at radius 2 is 2.04 bits per heavy atom. The lowest BCUT2D eigenvalue weighted by molar-refractivity contribution is -0.131. The molecule has 3 aliphatic rings. The van der Waals surface area contributed by atoms with Crippen molar-refractivity contribution in [3.63, 3.8) is 0 Å². The number of nitrogens with one attached hydrogen (secondary N) is 1. The number of piperidine rings is 1. The van der Waals surface area contributed by atoms with E-state index in [2.05, 4.69) is 10.2 Å². The lowest BCUT2D eigenvalue weighted by atomic mass is 9.88. The Morgan fingerprint density at radius 1 is 1.22 bits per heavy atom. The SMILES string of the molecule is O=C(NCC1CCC2(CCN(Cc3ccccc3F)CC2)O1)C1CCCO1. The first kappa shape index (κ1) is 18.8. The molecule has 5 nitrogen and oxygen atoms in total. The van der Waals surface area contributed by atoms with E-state index in [1.807, 2.05) is 12.1 Å². The van der Waals surface area contributed by atoms with Gasteiger partial charge in [0.2, 0.25) is 5.91 Å². The number of carbonyl (C=O) groups is 1. The maximum atomic E-state index is 13.9. The molecule has 1 spiro atoms. The van der Waals surface area contributed by atoms with Gasteiger partial charge in [-0.1, -0.05) is 18.2 Å². The van der Waals surface area contributed by atoms with E-state index in [9.17, 15) is 9.18 Å². The molecule has 2 unspecified atom stereocenters. The van der Waals surface area contributed by atoms with Crippen molar-refractivity contribution in [3.8, 4) is 0 Å². The zero-order valence-electron chi connectivity index (χ0n) is 15.8. The maximum Gasteiger partial charge on any atom is 0.249 e. The standard InChI is InChI=1S/C21H29FN2O3/c22-18-5-2-1-4-16(18)15-24-11-9-21(10-12-24)8-7-17(27-21)14-23-20(25)19-6-3-13-26-19/h1-2,4-5,17,19H,3,6-15H2,(H,23,25). The molecule has 3 fully saturated rings. The van der Waals surface area contributed by atoms with Gasteiger partial charge in [-0.2, -0.15) is 0 Å².